The zero-order valence-corrected chi connectivity index (χ0v) is 18.9. The first kappa shape index (κ1) is 23.4. The van der Waals surface area contributed by atoms with Crippen molar-refractivity contribution < 1.29 is 18.4 Å². The van der Waals surface area contributed by atoms with Gasteiger partial charge in [0.1, 0.15) is 17.1 Å². The van der Waals surface area contributed by atoms with Gasteiger partial charge in [-0.1, -0.05) is 42.5 Å². The van der Waals surface area contributed by atoms with Crippen molar-refractivity contribution in [1.82, 2.24) is 15.1 Å². The lowest BCUT2D eigenvalue weighted by atomic mass is 9.92. The minimum atomic E-state index is -2.68. The maximum Gasteiger partial charge on any atom is 0.254 e. The van der Waals surface area contributed by atoms with Crippen molar-refractivity contribution in [3.63, 3.8) is 0 Å². The standard InChI is InChI=1S/C25H27F2N5O2/c1-15-4-2-3-5-19(15)24(34)30-14-16-6-8-17(9-7-16)21-20(23(29)33)22(28)32(31-21)18-10-12-25(26,27)13-11-18/h2-9,18H,10-14,28H2,1H3,(H2,29,33)(H,30,34). The van der Waals surface area contributed by atoms with E-state index < -0.39 is 11.8 Å². The summed E-state index contributed by atoms with van der Waals surface area (Å²) < 4.78 is 28.6. The van der Waals surface area contributed by atoms with Gasteiger partial charge in [-0.2, -0.15) is 5.10 Å². The predicted octanol–water partition coefficient (Wildman–Crippen LogP) is 4.22. The van der Waals surface area contributed by atoms with Crippen molar-refractivity contribution in [3.05, 3.63) is 70.8 Å². The quantitative estimate of drug-likeness (QED) is 0.503. The number of hydrogen-bond donors (Lipinski definition) is 3. The number of nitrogens with two attached hydrogens (primary N) is 2. The number of amides is 2. The number of aryl methyl sites for hydroxylation is 1. The number of rotatable bonds is 6. The van der Waals surface area contributed by atoms with E-state index in [2.05, 4.69) is 10.4 Å². The second-order valence-electron chi connectivity index (χ2n) is 8.70. The van der Waals surface area contributed by atoms with Crippen LogP contribution in [0.5, 0.6) is 0 Å². The molecule has 9 heteroatoms. The maximum atomic E-state index is 13.6. The molecule has 1 fully saturated rings. The molecule has 1 aliphatic carbocycles. The lowest BCUT2D eigenvalue weighted by Crippen LogP contribution is -2.27. The second-order valence-corrected chi connectivity index (χ2v) is 8.70. The molecule has 1 aromatic heterocycles. The van der Waals surface area contributed by atoms with E-state index in [1.807, 2.05) is 37.3 Å². The fraction of sp³-hybridized carbons (Fsp3) is 0.320. The Kier molecular flexibility index (Phi) is 6.37. The van der Waals surface area contributed by atoms with Crippen LogP contribution >= 0.6 is 0 Å². The summed E-state index contributed by atoms with van der Waals surface area (Å²) in [5.74, 6) is -3.48. The van der Waals surface area contributed by atoms with E-state index in [4.69, 9.17) is 11.5 Å². The Hall–Kier alpha value is -3.75. The number of nitrogens with zero attached hydrogens (tertiary/aromatic N) is 2. The number of anilines is 1. The average molecular weight is 468 g/mol. The third-order valence-electron chi connectivity index (χ3n) is 6.30. The molecule has 0 spiro atoms. The number of alkyl halides is 2. The molecule has 0 bridgehead atoms. The summed E-state index contributed by atoms with van der Waals surface area (Å²) in [5.41, 5.74) is 15.1. The van der Waals surface area contributed by atoms with E-state index in [-0.39, 0.29) is 49.0 Å². The topological polar surface area (TPSA) is 116 Å². The van der Waals surface area contributed by atoms with E-state index in [1.54, 1.807) is 18.2 Å². The highest BCUT2D eigenvalue weighted by Crippen LogP contribution is 2.40. The van der Waals surface area contributed by atoms with Gasteiger partial charge < -0.3 is 16.8 Å². The molecule has 34 heavy (non-hydrogen) atoms. The third kappa shape index (κ3) is 4.78. The summed E-state index contributed by atoms with van der Waals surface area (Å²) in [6.45, 7) is 2.20. The van der Waals surface area contributed by atoms with Crippen molar-refractivity contribution in [2.75, 3.05) is 5.73 Å². The van der Waals surface area contributed by atoms with Gasteiger partial charge in [0.25, 0.3) is 11.8 Å². The predicted molar refractivity (Wildman–Crippen MR) is 125 cm³/mol. The minimum absolute atomic E-state index is 0.0814. The van der Waals surface area contributed by atoms with Crippen LogP contribution in [0.4, 0.5) is 14.6 Å². The molecule has 0 radical (unpaired) electrons. The number of primary amides is 1. The molecule has 0 aliphatic heterocycles. The first-order chi connectivity index (χ1) is 16.2. The number of nitrogen functional groups attached to an aromatic ring is 1. The molecular weight excluding hydrogens is 440 g/mol. The molecule has 1 heterocycles. The summed E-state index contributed by atoms with van der Waals surface area (Å²) in [7, 11) is 0. The van der Waals surface area contributed by atoms with Gasteiger partial charge in [0.2, 0.25) is 5.92 Å². The number of nitrogens with one attached hydrogen (secondary N) is 1. The smallest absolute Gasteiger partial charge is 0.254 e. The van der Waals surface area contributed by atoms with E-state index in [1.165, 1.54) is 4.68 Å². The van der Waals surface area contributed by atoms with Crippen LogP contribution in [0.15, 0.2) is 48.5 Å². The number of carbonyl (C=O) groups is 2. The van der Waals surface area contributed by atoms with Crippen LogP contribution in [0.3, 0.4) is 0 Å². The fourth-order valence-corrected chi connectivity index (χ4v) is 4.33. The molecule has 0 atom stereocenters. The van der Waals surface area contributed by atoms with Gasteiger partial charge in [0, 0.05) is 30.5 Å². The van der Waals surface area contributed by atoms with E-state index in [0.717, 1.165) is 11.1 Å². The van der Waals surface area contributed by atoms with Crippen LogP contribution in [-0.2, 0) is 6.54 Å². The summed E-state index contributed by atoms with van der Waals surface area (Å²) in [5, 5.41) is 7.40. The molecule has 178 valence electrons. The number of aromatic nitrogens is 2. The van der Waals surface area contributed by atoms with E-state index in [9.17, 15) is 18.4 Å². The van der Waals surface area contributed by atoms with Crippen molar-refractivity contribution >= 4 is 17.6 Å². The molecule has 5 N–H and O–H groups in total. The lowest BCUT2D eigenvalue weighted by Gasteiger charge is -2.28. The minimum Gasteiger partial charge on any atom is -0.383 e. The number of carbonyl (C=O) groups excluding carboxylic acids is 2. The number of hydrogen-bond acceptors (Lipinski definition) is 4. The zero-order valence-electron chi connectivity index (χ0n) is 18.9. The van der Waals surface area contributed by atoms with Crippen LogP contribution in [0.25, 0.3) is 11.3 Å². The molecule has 2 amide bonds. The first-order valence-corrected chi connectivity index (χ1v) is 11.1. The van der Waals surface area contributed by atoms with Gasteiger partial charge in [0.15, 0.2) is 0 Å². The van der Waals surface area contributed by atoms with Gasteiger partial charge in [-0.15, -0.1) is 0 Å². The van der Waals surface area contributed by atoms with Crippen molar-refractivity contribution in [2.45, 2.75) is 51.1 Å². The average Bonchev–Trinajstić information content (AvgIpc) is 3.15. The molecule has 2 aromatic carbocycles. The van der Waals surface area contributed by atoms with Gasteiger partial charge in [-0.25, -0.2) is 13.5 Å². The van der Waals surface area contributed by atoms with Crippen molar-refractivity contribution in [1.29, 1.82) is 0 Å². The molecule has 0 saturated heterocycles. The Morgan fingerprint density at radius 2 is 1.76 bits per heavy atom. The lowest BCUT2D eigenvalue weighted by molar-refractivity contribution is -0.0447. The monoisotopic (exact) mass is 467 g/mol. The molecular formula is C25H27F2N5O2. The van der Waals surface area contributed by atoms with Crippen molar-refractivity contribution in [3.8, 4) is 11.3 Å². The van der Waals surface area contributed by atoms with Crippen LogP contribution in [-0.4, -0.2) is 27.5 Å². The SMILES string of the molecule is Cc1ccccc1C(=O)NCc1ccc(-c2nn(C3CCC(F)(F)CC3)c(N)c2C(N)=O)cc1. The second kappa shape index (κ2) is 9.24. The third-order valence-corrected chi connectivity index (χ3v) is 6.30. The Labute approximate surface area is 196 Å². The molecule has 7 nitrogen and oxygen atoms in total. The van der Waals surface area contributed by atoms with Crippen LogP contribution < -0.4 is 16.8 Å². The first-order valence-electron chi connectivity index (χ1n) is 11.1. The normalized spacial score (nSPS) is 15.7. The highest BCUT2D eigenvalue weighted by Gasteiger charge is 2.37. The molecule has 1 saturated carbocycles. The van der Waals surface area contributed by atoms with Gasteiger partial charge >= 0.3 is 0 Å². The largest absolute Gasteiger partial charge is 0.383 e. The highest BCUT2D eigenvalue weighted by molar-refractivity contribution is 6.03. The van der Waals surface area contributed by atoms with Crippen LogP contribution in [0.2, 0.25) is 0 Å². The Balaban J connectivity index is 1.52. The summed E-state index contributed by atoms with van der Waals surface area (Å²) >= 11 is 0. The molecule has 4 rings (SSSR count). The Morgan fingerprint density at radius 3 is 2.38 bits per heavy atom. The van der Waals surface area contributed by atoms with Crippen molar-refractivity contribution in [2.24, 2.45) is 5.73 Å². The van der Waals surface area contributed by atoms with E-state index in [0.29, 0.717) is 23.4 Å². The molecule has 0 unspecified atom stereocenters. The maximum absolute atomic E-state index is 13.6. The highest BCUT2D eigenvalue weighted by atomic mass is 19.3. The molecule has 1 aliphatic rings. The zero-order chi connectivity index (χ0) is 24.5. The van der Waals surface area contributed by atoms with Crippen LogP contribution in [0, 0.1) is 6.92 Å². The number of halogens is 2. The Morgan fingerprint density at radius 1 is 1.12 bits per heavy atom. The van der Waals surface area contributed by atoms with Crippen LogP contribution in [0.1, 0.15) is 63.6 Å². The van der Waals surface area contributed by atoms with Gasteiger partial charge in [0.05, 0.1) is 6.04 Å². The summed E-state index contributed by atoms with van der Waals surface area (Å²) in [6.07, 6.45) is -0.0612. The fourth-order valence-electron chi connectivity index (χ4n) is 4.33. The Bertz CT molecular complexity index is 1210. The summed E-state index contributed by atoms with van der Waals surface area (Å²) in [4.78, 5) is 24.6. The molecule has 3 aromatic rings. The van der Waals surface area contributed by atoms with Gasteiger partial charge in [-0.3, -0.25) is 9.59 Å². The summed E-state index contributed by atoms with van der Waals surface area (Å²) in [6, 6.07) is 14.2. The van der Waals surface area contributed by atoms with Gasteiger partial charge in [-0.05, 0) is 37.0 Å². The number of benzene rings is 2. The van der Waals surface area contributed by atoms with E-state index >= 15 is 0 Å².